The van der Waals surface area contributed by atoms with E-state index in [9.17, 15) is 4.79 Å². The van der Waals surface area contributed by atoms with Gasteiger partial charge in [-0.05, 0) is 18.6 Å². The van der Waals surface area contributed by atoms with E-state index in [-0.39, 0.29) is 5.56 Å². The molecular weight excluding hydrogens is 238 g/mol. The average molecular weight is 259 g/mol. The summed E-state index contributed by atoms with van der Waals surface area (Å²) in [6.45, 7) is 2.20. The summed E-state index contributed by atoms with van der Waals surface area (Å²) in [7, 11) is 0. The van der Waals surface area contributed by atoms with Gasteiger partial charge in [-0.15, -0.1) is 0 Å². The molecule has 2 N–H and O–H groups in total. The van der Waals surface area contributed by atoms with Gasteiger partial charge in [-0.2, -0.15) is 0 Å². The van der Waals surface area contributed by atoms with Crippen LogP contribution < -0.4 is 11.4 Å². The molecule has 0 aliphatic rings. The van der Waals surface area contributed by atoms with E-state index in [1.165, 1.54) is 23.9 Å². The zero-order valence-corrected chi connectivity index (χ0v) is 11.4. The SMILES string of the molecule is CCCCCCCc1nc2ccccc2c(=O)n1N. The van der Waals surface area contributed by atoms with Gasteiger partial charge in [-0.3, -0.25) is 4.79 Å². The minimum absolute atomic E-state index is 0.158. The molecule has 0 atom stereocenters. The number of hydrogen-bond acceptors (Lipinski definition) is 3. The number of nitrogens with zero attached hydrogens (tertiary/aromatic N) is 2. The minimum Gasteiger partial charge on any atom is -0.335 e. The lowest BCUT2D eigenvalue weighted by Crippen LogP contribution is -2.31. The lowest BCUT2D eigenvalue weighted by Gasteiger charge is -2.08. The summed E-state index contributed by atoms with van der Waals surface area (Å²) in [4.78, 5) is 16.6. The summed E-state index contributed by atoms with van der Waals surface area (Å²) in [5.74, 6) is 6.51. The summed E-state index contributed by atoms with van der Waals surface area (Å²) >= 11 is 0. The molecule has 1 aromatic heterocycles. The molecule has 1 heterocycles. The highest BCUT2D eigenvalue weighted by Gasteiger charge is 2.07. The van der Waals surface area contributed by atoms with Crippen LogP contribution in [0.5, 0.6) is 0 Å². The fourth-order valence-corrected chi connectivity index (χ4v) is 2.25. The second-order valence-electron chi connectivity index (χ2n) is 4.88. The molecule has 0 saturated carbocycles. The Morgan fingerprint density at radius 3 is 2.68 bits per heavy atom. The van der Waals surface area contributed by atoms with Gasteiger partial charge in [-0.25, -0.2) is 9.66 Å². The highest BCUT2D eigenvalue weighted by molar-refractivity contribution is 5.77. The van der Waals surface area contributed by atoms with Crippen molar-refractivity contribution >= 4 is 10.9 Å². The van der Waals surface area contributed by atoms with Crippen molar-refractivity contribution in [2.45, 2.75) is 45.4 Å². The van der Waals surface area contributed by atoms with Gasteiger partial charge in [0, 0.05) is 6.42 Å². The summed E-state index contributed by atoms with van der Waals surface area (Å²) in [5, 5.41) is 0.583. The van der Waals surface area contributed by atoms with Crippen molar-refractivity contribution in [2.75, 3.05) is 5.84 Å². The Balaban J connectivity index is 2.15. The molecule has 0 aliphatic heterocycles. The van der Waals surface area contributed by atoms with E-state index in [4.69, 9.17) is 5.84 Å². The normalized spacial score (nSPS) is 11.0. The largest absolute Gasteiger partial charge is 0.335 e. The molecule has 0 spiro atoms. The molecule has 2 rings (SSSR count). The number of nitrogen functional groups attached to an aromatic ring is 1. The van der Waals surface area contributed by atoms with Gasteiger partial charge in [0.25, 0.3) is 5.56 Å². The van der Waals surface area contributed by atoms with E-state index in [1.807, 2.05) is 18.2 Å². The van der Waals surface area contributed by atoms with Crippen LogP contribution in [0.3, 0.4) is 0 Å². The van der Waals surface area contributed by atoms with Crippen LogP contribution in [-0.2, 0) is 6.42 Å². The average Bonchev–Trinajstić information content (AvgIpc) is 2.44. The summed E-state index contributed by atoms with van der Waals surface area (Å²) in [6, 6.07) is 7.34. The molecule has 0 radical (unpaired) electrons. The first-order chi connectivity index (χ1) is 9.24. The second kappa shape index (κ2) is 6.36. The van der Waals surface area contributed by atoms with Crippen molar-refractivity contribution in [1.82, 2.24) is 9.66 Å². The number of nitrogens with two attached hydrogens (primary N) is 1. The first kappa shape index (κ1) is 13.6. The van der Waals surface area contributed by atoms with E-state index < -0.39 is 0 Å². The molecule has 0 unspecified atom stereocenters. The molecule has 1 aromatic carbocycles. The van der Waals surface area contributed by atoms with Crippen molar-refractivity contribution in [1.29, 1.82) is 0 Å². The van der Waals surface area contributed by atoms with Crippen LogP contribution in [-0.4, -0.2) is 9.66 Å². The molecule has 19 heavy (non-hydrogen) atoms. The smallest absolute Gasteiger partial charge is 0.279 e. The number of aryl methyl sites for hydroxylation is 1. The highest BCUT2D eigenvalue weighted by atomic mass is 16.1. The third-order valence-corrected chi connectivity index (χ3v) is 3.38. The van der Waals surface area contributed by atoms with E-state index in [2.05, 4.69) is 11.9 Å². The van der Waals surface area contributed by atoms with E-state index in [0.717, 1.165) is 24.8 Å². The Morgan fingerprint density at radius 1 is 1.16 bits per heavy atom. The van der Waals surface area contributed by atoms with Crippen LogP contribution in [0.15, 0.2) is 29.1 Å². The first-order valence-corrected chi connectivity index (χ1v) is 6.99. The number of rotatable bonds is 6. The number of hydrogen-bond donors (Lipinski definition) is 1. The second-order valence-corrected chi connectivity index (χ2v) is 4.88. The van der Waals surface area contributed by atoms with Gasteiger partial charge in [0.05, 0.1) is 10.9 Å². The Kier molecular flexibility index (Phi) is 4.55. The molecule has 0 amide bonds. The van der Waals surface area contributed by atoms with Crippen molar-refractivity contribution in [3.05, 3.63) is 40.4 Å². The maximum atomic E-state index is 12.1. The molecule has 4 nitrogen and oxygen atoms in total. The van der Waals surface area contributed by atoms with Gasteiger partial charge in [0.15, 0.2) is 0 Å². The minimum atomic E-state index is -0.158. The number of aromatic nitrogens is 2. The third-order valence-electron chi connectivity index (χ3n) is 3.38. The molecule has 0 bridgehead atoms. The molecule has 0 fully saturated rings. The van der Waals surface area contributed by atoms with Crippen LogP contribution in [0.1, 0.15) is 44.9 Å². The third kappa shape index (κ3) is 3.13. The van der Waals surface area contributed by atoms with E-state index >= 15 is 0 Å². The topological polar surface area (TPSA) is 60.9 Å². The zero-order chi connectivity index (χ0) is 13.7. The summed E-state index contributed by atoms with van der Waals surface area (Å²) in [5.41, 5.74) is 0.576. The Bertz CT molecular complexity index is 604. The lowest BCUT2D eigenvalue weighted by molar-refractivity contribution is 0.613. The standard InChI is InChI=1S/C15H21N3O/c1-2-3-4-5-6-11-14-17-13-10-8-7-9-12(13)15(19)18(14)16/h7-10H,2-6,11,16H2,1H3. The van der Waals surface area contributed by atoms with Crippen LogP contribution in [0, 0.1) is 0 Å². The van der Waals surface area contributed by atoms with Crippen molar-refractivity contribution in [2.24, 2.45) is 0 Å². The van der Waals surface area contributed by atoms with Gasteiger partial charge < -0.3 is 5.84 Å². The van der Waals surface area contributed by atoms with Gasteiger partial charge >= 0.3 is 0 Å². The highest BCUT2D eigenvalue weighted by Crippen LogP contribution is 2.10. The zero-order valence-electron chi connectivity index (χ0n) is 11.4. The van der Waals surface area contributed by atoms with Crippen molar-refractivity contribution in [3.63, 3.8) is 0 Å². The van der Waals surface area contributed by atoms with Crippen molar-refractivity contribution in [3.8, 4) is 0 Å². The predicted molar refractivity (Wildman–Crippen MR) is 78.6 cm³/mol. The number of unbranched alkanes of at least 4 members (excludes halogenated alkanes) is 4. The van der Waals surface area contributed by atoms with Gasteiger partial charge in [-0.1, -0.05) is 44.7 Å². The number of fused-ring (bicyclic) bond motifs is 1. The summed E-state index contributed by atoms with van der Waals surface area (Å²) < 4.78 is 1.20. The fourth-order valence-electron chi connectivity index (χ4n) is 2.25. The molecule has 0 saturated heterocycles. The van der Waals surface area contributed by atoms with Crippen molar-refractivity contribution < 1.29 is 0 Å². The quantitative estimate of drug-likeness (QED) is 0.640. The fraction of sp³-hybridized carbons (Fsp3) is 0.467. The molecule has 0 aliphatic carbocycles. The summed E-state index contributed by atoms with van der Waals surface area (Å²) in [6.07, 6.45) is 6.69. The monoisotopic (exact) mass is 259 g/mol. The maximum Gasteiger partial charge on any atom is 0.279 e. The Hall–Kier alpha value is -1.84. The van der Waals surface area contributed by atoms with Crippen LogP contribution >= 0.6 is 0 Å². The molecular formula is C15H21N3O. The predicted octanol–water partition coefficient (Wildman–Crippen LogP) is 2.62. The Morgan fingerprint density at radius 2 is 1.89 bits per heavy atom. The number of para-hydroxylation sites is 1. The van der Waals surface area contributed by atoms with Gasteiger partial charge in [0.1, 0.15) is 5.82 Å². The molecule has 102 valence electrons. The van der Waals surface area contributed by atoms with Gasteiger partial charge in [0.2, 0.25) is 0 Å². The maximum absolute atomic E-state index is 12.1. The lowest BCUT2D eigenvalue weighted by atomic mass is 10.1. The number of benzene rings is 1. The van der Waals surface area contributed by atoms with Crippen LogP contribution in [0.2, 0.25) is 0 Å². The Labute approximate surface area is 113 Å². The van der Waals surface area contributed by atoms with E-state index in [1.54, 1.807) is 6.07 Å². The van der Waals surface area contributed by atoms with Crippen LogP contribution in [0.4, 0.5) is 0 Å². The molecule has 4 heteroatoms. The molecule has 2 aromatic rings. The van der Waals surface area contributed by atoms with E-state index in [0.29, 0.717) is 11.2 Å². The van der Waals surface area contributed by atoms with Crippen LogP contribution in [0.25, 0.3) is 10.9 Å². The first-order valence-electron chi connectivity index (χ1n) is 6.99.